The van der Waals surface area contributed by atoms with Gasteiger partial charge in [0.15, 0.2) is 0 Å². The first-order valence-electron chi connectivity index (χ1n) is 4.61. The lowest BCUT2D eigenvalue weighted by Crippen LogP contribution is -1.88. The van der Waals surface area contributed by atoms with E-state index in [1.165, 1.54) is 0 Å². The Bertz CT molecular complexity index is 568. The number of halogens is 4. The quantitative estimate of drug-likeness (QED) is 0.765. The molecule has 0 fully saturated rings. The summed E-state index contributed by atoms with van der Waals surface area (Å²) in [5, 5.41) is 1.43. The molecule has 0 atom stereocenters. The lowest BCUT2D eigenvalue weighted by molar-refractivity contribution is 0.416. The maximum absolute atomic E-state index is 6.00. The summed E-state index contributed by atoms with van der Waals surface area (Å²) < 4.78 is 5.97. The summed E-state index contributed by atoms with van der Waals surface area (Å²) in [5.74, 6) is 0.646. The van der Waals surface area contributed by atoms with E-state index < -0.39 is 0 Å². The van der Waals surface area contributed by atoms with Gasteiger partial charge in [-0.3, -0.25) is 0 Å². The fourth-order valence-electron chi connectivity index (χ4n) is 1.48. The number of H-pyrrole nitrogens is 1. The number of hydrogen-bond donors (Lipinski definition) is 1. The molecule has 1 N–H and O–H groups in total. The maximum Gasteiger partial charge on any atom is 0.129 e. The monoisotopic (exact) mass is 353 g/mol. The molecule has 0 spiro atoms. The Morgan fingerprint density at radius 1 is 1.24 bits per heavy atom. The standard InChI is InChI=1S/C11H7BrCl3NO/c1-17-7-4-5(13)2-3-6(7)10-8(12)9(14)11(15)16-10/h2-4,16H,1H3. The molecule has 1 heterocycles. The van der Waals surface area contributed by atoms with Gasteiger partial charge in [0.05, 0.1) is 22.3 Å². The normalized spacial score (nSPS) is 10.6. The van der Waals surface area contributed by atoms with E-state index in [1.54, 1.807) is 19.2 Å². The molecule has 0 unspecified atom stereocenters. The Morgan fingerprint density at radius 3 is 2.47 bits per heavy atom. The van der Waals surface area contributed by atoms with Crippen LogP contribution in [0.25, 0.3) is 11.3 Å². The zero-order valence-electron chi connectivity index (χ0n) is 8.65. The van der Waals surface area contributed by atoms with Crippen LogP contribution in [0.3, 0.4) is 0 Å². The van der Waals surface area contributed by atoms with Crippen molar-refractivity contribution in [3.63, 3.8) is 0 Å². The fourth-order valence-corrected chi connectivity index (χ4v) is 2.60. The molecule has 2 nitrogen and oxygen atoms in total. The largest absolute Gasteiger partial charge is 0.496 e. The number of methoxy groups -OCH3 is 1. The van der Waals surface area contributed by atoms with Crippen LogP contribution in [0, 0.1) is 0 Å². The highest BCUT2D eigenvalue weighted by atomic mass is 79.9. The molecule has 0 aliphatic carbocycles. The highest BCUT2D eigenvalue weighted by Gasteiger charge is 2.17. The van der Waals surface area contributed by atoms with Gasteiger partial charge in [0.25, 0.3) is 0 Å². The van der Waals surface area contributed by atoms with Crippen LogP contribution in [0.15, 0.2) is 22.7 Å². The first-order valence-corrected chi connectivity index (χ1v) is 6.53. The predicted octanol–water partition coefficient (Wildman–Crippen LogP) is 5.41. The highest BCUT2D eigenvalue weighted by molar-refractivity contribution is 9.10. The highest BCUT2D eigenvalue weighted by Crippen LogP contribution is 2.42. The minimum absolute atomic E-state index is 0.380. The van der Waals surface area contributed by atoms with Crippen molar-refractivity contribution in [3.05, 3.63) is 37.9 Å². The summed E-state index contributed by atoms with van der Waals surface area (Å²) in [7, 11) is 1.58. The molecule has 1 aromatic heterocycles. The molecule has 2 aromatic rings. The zero-order valence-corrected chi connectivity index (χ0v) is 12.5. The minimum Gasteiger partial charge on any atom is -0.496 e. The SMILES string of the molecule is COc1cc(Cl)ccc1-c1[nH]c(Cl)c(Cl)c1Br. The molecule has 0 amide bonds. The number of aromatic amines is 1. The van der Waals surface area contributed by atoms with Gasteiger partial charge in [-0.05, 0) is 34.1 Å². The van der Waals surface area contributed by atoms with E-state index in [0.29, 0.717) is 25.4 Å². The first-order chi connectivity index (χ1) is 8.04. The van der Waals surface area contributed by atoms with Gasteiger partial charge in [0.2, 0.25) is 0 Å². The van der Waals surface area contributed by atoms with Crippen molar-refractivity contribution < 1.29 is 4.74 Å². The van der Waals surface area contributed by atoms with Gasteiger partial charge >= 0.3 is 0 Å². The molecule has 0 aliphatic heterocycles. The molecule has 90 valence electrons. The van der Waals surface area contributed by atoms with Gasteiger partial charge in [-0.1, -0.05) is 34.8 Å². The summed E-state index contributed by atoms with van der Waals surface area (Å²) in [6, 6.07) is 5.34. The van der Waals surface area contributed by atoms with E-state index in [1.807, 2.05) is 6.07 Å². The van der Waals surface area contributed by atoms with E-state index in [-0.39, 0.29) is 0 Å². The predicted molar refractivity (Wildman–Crippen MR) is 75.5 cm³/mol. The van der Waals surface area contributed by atoms with E-state index in [2.05, 4.69) is 20.9 Å². The van der Waals surface area contributed by atoms with Crippen LogP contribution in [0.2, 0.25) is 15.2 Å². The Hall–Kier alpha value is -0.350. The molecular formula is C11H7BrCl3NO. The molecule has 0 bridgehead atoms. The molecule has 0 aliphatic rings. The lowest BCUT2D eigenvalue weighted by Gasteiger charge is -2.08. The summed E-state index contributed by atoms with van der Waals surface area (Å²) >= 11 is 21.2. The summed E-state index contributed by atoms with van der Waals surface area (Å²) in [6.07, 6.45) is 0. The van der Waals surface area contributed by atoms with Gasteiger partial charge in [0.1, 0.15) is 10.9 Å². The second-order valence-electron chi connectivity index (χ2n) is 3.29. The van der Waals surface area contributed by atoms with E-state index >= 15 is 0 Å². The van der Waals surface area contributed by atoms with Crippen molar-refractivity contribution in [2.45, 2.75) is 0 Å². The van der Waals surface area contributed by atoms with Crippen LogP contribution in [-0.2, 0) is 0 Å². The van der Waals surface area contributed by atoms with Crippen molar-refractivity contribution in [1.29, 1.82) is 0 Å². The summed E-state index contributed by atoms with van der Waals surface area (Å²) in [4.78, 5) is 2.99. The zero-order chi connectivity index (χ0) is 12.6. The van der Waals surface area contributed by atoms with Crippen LogP contribution in [0.4, 0.5) is 0 Å². The van der Waals surface area contributed by atoms with Gasteiger partial charge in [-0.25, -0.2) is 0 Å². The first kappa shape index (κ1) is 13.1. The van der Waals surface area contributed by atoms with Crippen LogP contribution >= 0.6 is 50.7 Å². The van der Waals surface area contributed by atoms with Crippen LogP contribution in [0.5, 0.6) is 5.75 Å². The van der Waals surface area contributed by atoms with Crippen LogP contribution in [0.1, 0.15) is 0 Å². The van der Waals surface area contributed by atoms with E-state index in [4.69, 9.17) is 39.5 Å². The Labute approximate surface area is 122 Å². The average molecular weight is 355 g/mol. The maximum atomic E-state index is 6.00. The Balaban J connectivity index is 2.64. The summed E-state index contributed by atoms with van der Waals surface area (Å²) in [5.41, 5.74) is 1.59. The Morgan fingerprint density at radius 2 is 1.94 bits per heavy atom. The van der Waals surface area contributed by atoms with Crippen molar-refractivity contribution >= 4 is 50.7 Å². The molecule has 17 heavy (non-hydrogen) atoms. The van der Waals surface area contributed by atoms with Crippen LogP contribution in [-0.4, -0.2) is 12.1 Å². The average Bonchev–Trinajstić information content (AvgIpc) is 2.57. The van der Waals surface area contributed by atoms with Gasteiger partial charge in [-0.2, -0.15) is 0 Å². The van der Waals surface area contributed by atoms with E-state index in [9.17, 15) is 0 Å². The number of benzene rings is 1. The Kier molecular flexibility index (Phi) is 3.93. The van der Waals surface area contributed by atoms with Crippen molar-refractivity contribution in [1.82, 2.24) is 4.98 Å². The molecule has 2 rings (SSSR count). The second kappa shape index (κ2) is 5.11. The fraction of sp³-hybridized carbons (Fsp3) is 0.0909. The van der Waals surface area contributed by atoms with Crippen molar-refractivity contribution in [2.75, 3.05) is 7.11 Å². The number of hydrogen-bond acceptors (Lipinski definition) is 1. The molecule has 6 heteroatoms. The van der Waals surface area contributed by atoms with Gasteiger partial charge < -0.3 is 9.72 Å². The smallest absolute Gasteiger partial charge is 0.129 e. The third kappa shape index (κ3) is 2.43. The van der Waals surface area contributed by atoms with Gasteiger partial charge in [-0.15, -0.1) is 0 Å². The number of rotatable bonds is 2. The molecular weight excluding hydrogens is 348 g/mol. The topological polar surface area (TPSA) is 25.0 Å². The minimum atomic E-state index is 0.380. The molecule has 0 saturated carbocycles. The number of nitrogens with one attached hydrogen (secondary N) is 1. The van der Waals surface area contributed by atoms with Gasteiger partial charge in [0, 0.05) is 10.6 Å². The third-order valence-corrected chi connectivity index (χ3v) is 4.29. The third-order valence-electron chi connectivity index (χ3n) is 2.27. The van der Waals surface area contributed by atoms with Crippen molar-refractivity contribution in [2.24, 2.45) is 0 Å². The molecule has 0 saturated heterocycles. The van der Waals surface area contributed by atoms with E-state index in [0.717, 1.165) is 11.3 Å². The number of ether oxygens (including phenoxy) is 1. The van der Waals surface area contributed by atoms with Crippen LogP contribution < -0.4 is 4.74 Å². The van der Waals surface area contributed by atoms with Crippen molar-refractivity contribution in [3.8, 4) is 17.0 Å². The molecule has 1 aromatic carbocycles. The molecule has 0 radical (unpaired) electrons. The number of aromatic nitrogens is 1. The summed E-state index contributed by atoms with van der Waals surface area (Å²) in [6.45, 7) is 0. The lowest BCUT2D eigenvalue weighted by atomic mass is 10.1. The second-order valence-corrected chi connectivity index (χ2v) is 5.27.